The molecule has 5 heteroatoms. The first-order valence-corrected chi connectivity index (χ1v) is 6.73. The molecule has 3 aromatic rings. The van der Waals surface area contributed by atoms with Crippen molar-refractivity contribution in [3.8, 4) is 0 Å². The van der Waals surface area contributed by atoms with Crippen LogP contribution >= 0.6 is 11.6 Å². The second-order valence-electron chi connectivity index (χ2n) is 4.46. The van der Waals surface area contributed by atoms with E-state index in [1.54, 1.807) is 18.2 Å². The van der Waals surface area contributed by atoms with E-state index >= 15 is 0 Å². The van der Waals surface area contributed by atoms with Gasteiger partial charge in [0.2, 0.25) is 0 Å². The van der Waals surface area contributed by atoms with Crippen molar-refractivity contribution in [1.82, 2.24) is 5.32 Å². The zero-order chi connectivity index (χ0) is 14.1. The first kappa shape index (κ1) is 13.2. The van der Waals surface area contributed by atoms with Crippen LogP contribution in [0.2, 0.25) is 5.22 Å². The van der Waals surface area contributed by atoms with E-state index in [4.69, 9.17) is 20.4 Å². The lowest BCUT2D eigenvalue weighted by Gasteiger charge is -2.12. The minimum Gasteiger partial charge on any atom is -0.459 e. The smallest absolute Gasteiger partial charge is 0.193 e. The van der Waals surface area contributed by atoms with Crippen molar-refractivity contribution in [2.24, 2.45) is 0 Å². The van der Waals surface area contributed by atoms with Crippen LogP contribution in [0.1, 0.15) is 24.5 Å². The summed E-state index contributed by atoms with van der Waals surface area (Å²) in [6.07, 6.45) is 0. The highest BCUT2D eigenvalue weighted by Crippen LogP contribution is 2.30. The van der Waals surface area contributed by atoms with Crippen LogP contribution in [-0.2, 0) is 0 Å². The largest absolute Gasteiger partial charge is 0.459 e. The third kappa shape index (κ3) is 2.44. The van der Waals surface area contributed by atoms with Gasteiger partial charge in [-0.2, -0.15) is 0 Å². The summed E-state index contributed by atoms with van der Waals surface area (Å²) >= 11 is 5.82. The first-order chi connectivity index (χ1) is 9.67. The normalized spacial score (nSPS) is 12.9. The lowest BCUT2D eigenvalue weighted by molar-refractivity contribution is 0.404. The summed E-state index contributed by atoms with van der Waals surface area (Å²) in [7, 11) is 0. The Labute approximate surface area is 120 Å². The molecule has 0 aliphatic heterocycles. The van der Waals surface area contributed by atoms with Gasteiger partial charge >= 0.3 is 0 Å². The number of hydrogen-bond donors (Lipinski definition) is 1. The van der Waals surface area contributed by atoms with Gasteiger partial charge in [-0.05, 0) is 54.5 Å². The van der Waals surface area contributed by atoms with Gasteiger partial charge in [-0.15, -0.1) is 0 Å². The molecule has 0 spiro atoms. The van der Waals surface area contributed by atoms with Gasteiger partial charge in [0.25, 0.3) is 0 Å². The summed E-state index contributed by atoms with van der Waals surface area (Å²) in [5.74, 6) is 1.04. The Bertz CT molecular complexity index is 734. The van der Waals surface area contributed by atoms with E-state index in [1.807, 2.05) is 13.0 Å². The standard InChI is InChI=1S/C15H13ClFNO2/c1-2-18-15(12-5-6-14(16)20-12)13-8-9-7-10(17)3-4-11(9)19-13/h3-8,15,18H,2H2,1H3. The molecule has 0 saturated carbocycles. The fourth-order valence-electron chi connectivity index (χ4n) is 2.21. The number of furan rings is 2. The number of nitrogens with one attached hydrogen (secondary N) is 1. The second kappa shape index (κ2) is 5.31. The Kier molecular flexibility index (Phi) is 3.51. The molecule has 104 valence electrons. The topological polar surface area (TPSA) is 38.3 Å². The van der Waals surface area contributed by atoms with Crippen molar-refractivity contribution < 1.29 is 13.2 Å². The molecule has 1 aromatic carbocycles. The van der Waals surface area contributed by atoms with E-state index in [1.165, 1.54) is 12.1 Å². The lowest BCUT2D eigenvalue weighted by atomic mass is 10.1. The average Bonchev–Trinajstić information content (AvgIpc) is 3.01. The van der Waals surface area contributed by atoms with E-state index in [0.717, 1.165) is 11.9 Å². The average molecular weight is 294 g/mol. The molecule has 0 radical (unpaired) electrons. The van der Waals surface area contributed by atoms with Gasteiger partial charge in [0.15, 0.2) is 5.22 Å². The molecule has 2 aromatic heterocycles. The summed E-state index contributed by atoms with van der Waals surface area (Å²) in [6, 6.07) is 9.48. The Morgan fingerprint density at radius 3 is 2.70 bits per heavy atom. The molecule has 0 bridgehead atoms. The van der Waals surface area contributed by atoms with Crippen molar-refractivity contribution in [1.29, 1.82) is 0 Å². The summed E-state index contributed by atoms with van der Waals surface area (Å²) in [5, 5.41) is 4.31. The van der Waals surface area contributed by atoms with Crippen molar-refractivity contribution in [3.05, 3.63) is 59.0 Å². The van der Waals surface area contributed by atoms with Gasteiger partial charge in [-0.25, -0.2) is 4.39 Å². The van der Waals surface area contributed by atoms with Gasteiger partial charge in [0.1, 0.15) is 29.0 Å². The highest BCUT2D eigenvalue weighted by atomic mass is 35.5. The lowest BCUT2D eigenvalue weighted by Crippen LogP contribution is -2.20. The van der Waals surface area contributed by atoms with E-state index < -0.39 is 0 Å². The highest BCUT2D eigenvalue weighted by molar-refractivity contribution is 6.28. The number of hydrogen-bond acceptors (Lipinski definition) is 3. The Morgan fingerprint density at radius 2 is 2.00 bits per heavy atom. The number of halogens is 2. The highest BCUT2D eigenvalue weighted by Gasteiger charge is 2.21. The van der Waals surface area contributed by atoms with Crippen LogP contribution < -0.4 is 5.32 Å². The molecule has 1 unspecified atom stereocenters. The maximum Gasteiger partial charge on any atom is 0.193 e. The quantitative estimate of drug-likeness (QED) is 0.769. The van der Waals surface area contributed by atoms with Crippen LogP contribution in [0, 0.1) is 5.82 Å². The second-order valence-corrected chi connectivity index (χ2v) is 4.84. The first-order valence-electron chi connectivity index (χ1n) is 6.35. The molecule has 0 saturated heterocycles. The van der Waals surface area contributed by atoms with Crippen LogP contribution in [0.15, 0.2) is 45.2 Å². The predicted molar refractivity (Wildman–Crippen MR) is 75.4 cm³/mol. The van der Waals surface area contributed by atoms with E-state index in [-0.39, 0.29) is 11.9 Å². The van der Waals surface area contributed by atoms with Gasteiger partial charge in [0, 0.05) is 5.39 Å². The fourth-order valence-corrected chi connectivity index (χ4v) is 2.36. The van der Waals surface area contributed by atoms with Gasteiger partial charge in [-0.3, -0.25) is 0 Å². The van der Waals surface area contributed by atoms with Crippen LogP contribution in [0.3, 0.4) is 0 Å². The van der Waals surface area contributed by atoms with E-state index in [0.29, 0.717) is 22.3 Å². The zero-order valence-corrected chi connectivity index (χ0v) is 11.6. The van der Waals surface area contributed by atoms with Gasteiger partial charge < -0.3 is 14.2 Å². The van der Waals surface area contributed by atoms with Gasteiger partial charge in [-0.1, -0.05) is 6.92 Å². The molecule has 0 aliphatic carbocycles. The van der Waals surface area contributed by atoms with Crippen LogP contribution in [-0.4, -0.2) is 6.54 Å². The molecule has 0 amide bonds. The molecule has 3 nitrogen and oxygen atoms in total. The van der Waals surface area contributed by atoms with Crippen molar-refractivity contribution >= 4 is 22.6 Å². The maximum atomic E-state index is 13.2. The minimum atomic E-state index is -0.286. The zero-order valence-electron chi connectivity index (χ0n) is 10.8. The Hall–Kier alpha value is -1.78. The van der Waals surface area contributed by atoms with Crippen molar-refractivity contribution in [2.75, 3.05) is 6.54 Å². The molecule has 1 atom stereocenters. The third-order valence-corrected chi connectivity index (χ3v) is 3.27. The minimum absolute atomic E-state index is 0.247. The molecule has 0 aliphatic rings. The number of rotatable bonds is 4. The molecular formula is C15H13ClFNO2. The molecule has 3 rings (SSSR count). The fraction of sp³-hybridized carbons (Fsp3) is 0.200. The summed E-state index contributed by atoms with van der Waals surface area (Å²) in [4.78, 5) is 0. The summed E-state index contributed by atoms with van der Waals surface area (Å²) in [5.41, 5.74) is 0.641. The van der Waals surface area contributed by atoms with Crippen LogP contribution in [0.4, 0.5) is 4.39 Å². The monoisotopic (exact) mass is 293 g/mol. The summed E-state index contributed by atoms with van der Waals surface area (Å²) in [6.45, 7) is 2.72. The molecule has 2 heterocycles. The molecule has 0 fully saturated rings. The van der Waals surface area contributed by atoms with Crippen LogP contribution in [0.25, 0.3) is 11.0 Å². The number of benzene rings is 1. The van der Waals surface area contributed by atoms with Gasteiger partial charge in [0.05, 0.1) is 0 Å². The predicted octanol–water partition coefficient (Wildman–Crippen LogP) is 4.52. The van der Waals surface area contributed by atoms with Crippen molar-refractivity contribution in [2.45, 2.75) is 13.0 Å². The van der Waals surface area contributed by atoms with E-state index in [2.05, 4.69) is 5.32 Å². The maximum absolute atomic E-state index is 13.2. The Morgan fingerprint density at radius 1 is 1.15 bits per heavy atom. The molecule has 1 N–H and O–H groups in total. The van der Waals surface area contributed by atoms with Crippen molar-refractivity contribution in [3.63, 3.8) is 0 Å². The Balaban J connectivity index is 2.04. The van der Waals surface area contributed by atoms with Crippen LogP contribution in [0.5, 0.6) is 0 Å². The SMILES string of the molecule is CCNC(c1ccc(Cl)o1)c1cc2cc(F)ccc2o1. The third-order valence-electron chi connectivity index (χ3n) is 3.07. The molecule has 20 heavy (non-hydrogen) atoms. The number of fused-ring (bicyclic) bond motifs is 1. The summed E-state index contributed by atoms with van der Waals surface area (Å²) < 4.78 is 24.4. The molecular weight excluding hydrogens is 281 g/mol. The van der Waals surface area contributed by atoms with E-state index in [9.17, 15) is 4.39 Å².